The molecule has 0 radical (unpaired) electrons. The SMILES string of the molecule is Cn1[nH]c(C2CCCCC2)n[c]1=[Pt].NCc1ccc(F)cc1. The van der Waals surface area contributed by atoms with Crippen LogP contribution in [0.15, 0.2) is 24.3 Å². The zero-order valence-electron chi connectivity index (χ0n) is 12.8. The van der Waals surface area contributed by atoms with Crippen molar-refractivity contribution in [1.82, 2.24) is 14.8 Å². The summed E-state index contributed by atoms with van der Waals surface area (Å²) in [6.45, 7) is 0.472. The van der Waals surface area contributed by atoms with E-state index in [2.05, 4.69) is 29.4 Å². The number of aryl methyl sites for hydroxylation is 1. The molecule has 4 nitrogen and oxygen atoms in total. The molecule has 1 saturated carbocycles. The Morgan fingerprint density at radius 2 is 1.91 bits per heavy atom. The second-order valence-electron chi connectivity index (χ2n) is 5.57. The van der Waals surface area contributed by atoms with E-state index in [1.807, 2.05) is 11.7 Å². The second-order valence-corrected chi connectivity index (χ2v) is 6.59. The average Bonchev–Trinajstić information content (AvgIpc) is 2.89. The van der Waals surface area contributed by atoms with Crippen molar-refractivity contribution in [2.45, 2.75) is 44.6 Å². The first-order valence-corrected chi connectivity index (χ1v) is 8.76. The normalized spacial score (nSPS) is 15.3. The summed E-state index contributed by atoms with van der Waals surface area (Å²) < 4.78 is 15.2. The summed E-state index contributed by atoms with van der Waals surface area (Å²) in [5.74, 6) is 1.66. The maximum Gasteiger partial charge on any atom is 0.123 e. The number of aromatic amines is 1. The predicted octanol–water partition coefficient (Wildman–Crippen LogP) is 3.16. The maximum absolute atomic E-state index is 12.2. The summed E-state index contributed by atoms with van der Waals surface area (Å²) in [6, 6.07) is 6.16. The van der Waals surface area contributed by atoms with Crippen LogP contribution in [0.3, 0.4) is 0 Å². The quantitative estimate of drug-likeness (QED) is 0.687. The molecule has 1 aromatic carbocycles. The first kappa shape index (κ1) is 17.3. The standard InChI is InChI=1S/C9H15N3.C7H8FN.Pt/c1-12-7-10-9(11-12)8-5-3-2-4-6-8;8-7-3-1-6(5-9)2-4-7;/h8H,2-6H2,1H3,(H,10,11);1-4H,5,9H2;. The Hall–Kier alpha value is -1.06. The Kier molecular flexibility index (Phi) is 6.71. The molecule has 3 N–H and O–H groups in total. The van der Waals surface area contributed by atoms with Crippen molar-refractivity contribution in [1.29, 1.82) is 0 Å². The molecule has 0 spiro atoms. The Morgan fingerprint density at radius 1 is 1.27 bits per heavy atom. The summed E-state index contributed by atoms with van der Waals surface area (Å²) in [5.41, 5.74) is 6.23. The molecule has 1 aromatic heterocycles. The van der Waals surface area contributed by atoms with Crippen molar-refractivity contribution in [3.63, 3.8) is 0 Å². The van der Waals surface area contributed by atoms with Crippen molar-refractivity contribution in [2.24, 2.45) is 12.8 Å². The van der Waals surface area contributed by atoms with Crippen molar-refractivity contribution >= 4 is 0 Å². The van der Waals surface area contributed by atoms with Gasteiger partial charge in [-0.2, -0.15) is 0 Å². The van der Waals surface area contributed by atoms with Crippen LogP contribution >= 0.6 is 0 Å². The van der Waals surface area contributed by atoms with E-state index in [0.29, 0.717) is 12.5 Å². The molecule has 0 bridgehead atoms. The molecular weight excluding hydrogens is 462 g/mol. The van der Waals surface area contributed by atoms with Crippen molar-refractivity contribution < 1.29 is 23.7 Å². The van der Waals surface area contributed by atoms with Gasteiger partial charge >= 0.3 is 88.8 Å². The number of nitrogens with one attached hydrogen (secondary N) is 1. The maximum atomic E-state index is 12.2. The van der Waals surface area contributed by atoms with Crippen LogP contribution in [0.1, 0.15) is 49.4 Å². The molecule has 124 valence electrons. The number of nitrogens with zero attached hydrogens (tertiary/aromatic N) is 2. The smallest absolute Gasteiger partial charge is 0.123 e. The zero-order chi connectivity index (χ0) is 15.9. The number of hydrogen-bond donors (Lipinski definition) is 2. The van der Waals surface area contributed by atoms with Crippen LogP contribution in [0.5, 0.6) is 0 Å². The van der Waals surface area contributed by atoms with E-state index in [1.165, 1.54) is 50.1 Å². The molecule has 3 rings (SSSR count). The van der Waals surface area contributed by atoms with Crippen LogP contribution in [-0.4, -0.2) is 14.8 Å². The molecule has 6 heteroatoms. The van der Waals surface area contributed by atoms with Gasteiger partial charge in [0.15, 0.2) is 0 Å². The molecule has 0 unspecified atom stereocenters. The number of halogens is 1. The molecule has 2 aromatic rings. The first-order chi connectivity index (χ1) is 10.6. The number of nitrogens with two attached hydrogens (primary N) is 1. The van der Waals surface area contributed by atoms with Crippen LogP contribution in [0.25, 0.3) is 0 Å². The second kappa shape index (κ2) is 8.54. The largest absolute Gasteiger partial charge is 0.326 e. The van der Waals surface area contributed by atoms with Gasteiger partial charge in [0.25, 0.3) is 0 Å². The van der Waals surface area contributed by atoms with Gasteiger partial charge in [-0.05, 0) is 17.7 Å². The van der Waals surface area contributed by atoms with Gasteiger partial charge in [0.05, 0.1) is 0 Å². The molecule has 22 heavy (non-hydrogen) atoms. The van der Waals surface area contributed by atoms with Gasteiger partial charge in [-0.25, -0.2) is 4.39 Å². The Bertz CT molecular complexity index is 626. The fourth-order valence-corrected chi connectivity index (χ4v) is 2.99. The minimum atomic E-state index is -0.216. The van der Waals surface area contributed by atoms with Gasteiger partial charge in [0, 0.05) is 6.54 Å². The number of aromatic nitrogens is 3. The van der Waals surface area contributed by atoms with E-state index in [4.69, 9.17) is 5.73 Å². The van der Waals surface area contributed by atoms with Crippen LogP contribution < -0.4 is 5.73 Å². The van der Waals surface area contributed by atoms with Gasteiger partial charge in [-0.3, -0.25) is 0 Å². The molecule has 0 aliphatic heterocycles. The molecule has 1 aliphatic rings. The monoisotopic (exact) mass is 485 g/mol. The third kappa shape index (κ3) is 4.99. The van der Waals surface area contributed by atoms with E-state index >= 15 is 0 Å². The van der Waals surface area contributed by atoms with Gasteiger partial charge in [-0.15, -0.1) is 0 Å². The summed E-state index contributed by atoms with van der Waals surface area (Å²) in [4.78, 5) is 4.53. The molecule has 0 atom stereocenters. The fourth-order valence-electron chi connectivity index (χ4n) is 2.59. The van der Waals surface area contributed by atoms with Gasteiger partial charge < -0.3 is 5.73 Å². The van der Waals surface area contributed by atoms with Crippen LogP contribution in [-0.2, 0) is 32.9 Å². The minimum Gasteiger partial charge on any atom is -0.326 e. The third-order valence-corrected chi connectivity index (χ3v) is 4.90. The Balaban J connectivity index is 0.000000172. The van der Waals surface area contributed by atoms with Gasteiger partial charge in [-0.1, -0.05) is 12.1 Å². The van der Waals surface area contributed by atoms with Gasteiger partial charge in [0.2, 0.25) is 0 Å². The van der Waals surface area contributed by atoms with E-state index < -0.39 is 0 Å². The molecule has 1 heterocycles. The topological polar surface area (TPSA) is 59.6 Å². The zero-order valence-corrected chi connectivity index (χ0v) is 15.1. The van der Waals surface area contributed by atoms with Crippen LogP contribution in [0.4, 0.5) is 4.39 Å². The number of rotatable bonds is 2. The number of benzene rings is 1. The number of H-pyrrole nitrogens is 1. The first-order valence-electron chi connectivity index (χ1n) is 7.63. The van der Waals surface area contributed by atoms with E-state index in [9.17, 15) is 4.39 Å². The molecule has 0 amide bonds. The molecule has 1 fully saturated rings. The summed E-state index contributed by atoms with van der Waals surface area (Å²) in [7, 11) is 2.02. The summed E-state index contributed by atoms with van der Waals surface area (Å²) in [5, 5.41) is 3.31. The van der Waals surface area contributed by atoms with Crippen LogP contribution in [0, 0.1) is 9.62 Å². The fraction of sp³-hybridized carbons (Fsp3) is 0.500. The minimum absolute atomic E-state index is 0.216. The summed E-state index contributed by atoms with van der Waals surface area (Å²) >= 11 is 2.25. The van der Waals surface area contributed by atoms with Crippen molar-refractivity contribution in [3.8, 4) is 0 Å². The van der Waals surface area contributed by atoms with E-state index in [-0.39, 0.29) is 5.82 Å². The molecule has 0 saturated heterocycles. The van der Waals surface area contributed by atoms with Crippen molar-refractivity contribution in [3.05, 3.63) is 45.3 Å². The molecule has 1 aliphatic carbocycles. The van der Waals surface area contributed by atoms with Gasteiger partial charge in [0.1, 0.15) is 5.82 Å². The number of hydrogen-bond acceptors (Lipinski definition) is 2. The predicted molar refractivity (Wildman–Crippen MR) is 80.9 cm³/mol. The molecular formula is C16H23FN4Pt. The van der Waals surface area contributed by atoms with E-state index in [0.717, 1.165) is 9.37 Å². The van der Waals surface area contributed by atoms with E-state index in [1.54, 1.807) is 12.1 Å². The summed E-state index contributed by atoms with van der Waals surface area (Å²) in [6.07, 6.45) is 6.76. The Labute approximate surface area is 141 Å². The average molecular weight is 485 g/mol. The van der Waals surface area contributed by atoms with Crippen LogP contribution in [0.2, 0.25) is 0 Å². The third-order valence-electron chi connectivity index (χ3n) is 3.88. The van der Waals surface area contributed by atoms with Crippen molar-refractivity contribution in [2.75, 3.05) is 0 Å². The Morgan fingerprint density at radius 3 is 2.41 bits per heavy atom.